The zero-order valence-electron chi connectivity index (χ0n) is 20.0. The minimum Gasteiger partial charge on any atom is -0.492 e. The molecule has 0 unspecified atom stereocenters. The smallest absolute Gasteiger partial charge is 0.283 e. The van der Waals surface area contributed by atoms with Gasteiger partial charge < -0.3 is 9.30 Å². The molecule has 0 aliphatic heterocycles. The molecule has 1 saturated carbocycles. The Labute approximate surface area is 214 Å². The first-order valence-electron chi connectivity index (χ1n) is 11.7. The normalized spacial score (nSPS) is 13.8. The summed E-state index contributed by atoms with van der Waals surface area (Å²) < 4.78 is 47.8. The van der Waals surface area contributed by atoms with Crippen molar-refractivity contribution in [3.8, 4) is 28.4 Å². The second kappa shape index (κ2) is 9.99. The van der Waals surface area contributed by atoms with Crippen LogP contribution in [0.1, 0.15) is 18.4 Å². The van der Waals surface area contributed by atoms with Crippen LogP contribution in [-0.2, 0) is 16.9 Å². The fraction of sp³-hybridized carbons (Fsp3) is 0.179. The first kappa shape index (κ1) is 24.4. The average Bonchev–Trinajstić information content (AvgIpc) is 3.66. The molecule has 0 spiro atoms. The molecule has 2 aromatic heterocycles. The van der Waals surface area contributed by atoms with Crippen LogP contribution in [0.2, 0.25) is 0 Å². The van der Waals surface area contributed by atoms with E-state index in [2.05, 4.69) is 14.8 Å². The van der Waals surface area contributed by atoms with Crippen molar-refractivity contribution in [2.24, 2.45) is 13.0 Å². The van der Waals surface area contributed by atoms with Gasteiger partial charge in [-0.3, -0.25) is 4.98 Å². The van der Waals surface area contributed by atoms with E-state index >= 15 is 0 Å². The lowest BCUT2D eigenvalue weighted by Gasteiger charge is -2.13. The molecule has 0 amide bonds. The van der Waals surface area contributed by atoms with Crippen LogP contribution < -0.4 is 4.74 Å². The highest BCUT2D eigenvalue weighted by Gasteiger charge is 2.25. The van der Waals surface area contributed by atoms with E-state index in [4.69, 9.17) is 11.3 Å². The number of imidazole rings is 1. The SMILES string of the molecule is [C-]#[N+]/C(=C\c1ccnc(-c2ncn(C)c2-c2ccc(F)cc2OCC2CC2)c1)S(=O)(=O)c1ccccc1. The maximum absolute atomic E-state index is 14.1. The van der Waals surface area contributed by atoms with Gasteiger partial charge in [-0.15, -0.1) is 0 Å². The summed E-state index contributed by atoms with van der Waals surface area (Å²) in [5.41, 5.74) is 2.84. The third-order valence-corrected chi connectivity index (χ3v) is 7.72. The van der Waals surface area contributed by atoms with Crippen molar-refractivity contribution in [1.29, 1.82) is 0 Å². The molecule has 7 nitrogen and oxygen atoms in total. The molecule has 0 radical (unpaired) electrons. The zero-order chi connectivity index (χ0) is 26.0. The number of halogens is 1. The van der Waals surface area contributed by atoms with Gasteiger partial charge in [-0.25, -0.2) is 22.6 Å². The van der Waals surface area contributed by atoms with E-state index in [1.807, 2.05) is 7.05 Å². The fourth-order valence-electron chi connectivity index (χ4n) is 3.94. The van der Waals surface area contributed by atoms with E-state index in [9.17, 15) is 12.8 Å². The number of hydrogen-bond acceptors (Lipinski definition) is 5. The van der Waals surface area contributed by atoms with Crippen molar-refractivity contribution < 1.29 is 17.5 Å². The molecular formula is C28H23FN4O3S. The lowest BCUT2D eigenvalue weighted by atomic mass is 10.1. The van der Waals surface area contributed by atoms with Crippen molar-refractivity contribution in [3.63, 3.8) is 0 Å². The van der Waals surface area contributed by atoms with Crippen molar-refractivity contribution >= 4 is 15.9 Å². The molecule has 2 aromatic carbocycles. The Hall–Kier alpha value is -4.29. The Kier molecular flexibility index (Phi) is 6.59. The molecule has 5 rings (SSSR count). The third-order valence-electron chi connectivity index (χ3n) is 6.06. The highest BCUT2D eigenvalue weighted by Crippen LogP contribution is 2.38. The summed E-state index contributed by atoms with van der Waals surface area (Å²) in [4.78, 5) is 12.3. The molecule has 37 heavy (non-hydrogen) atoms. The number of aryl methyl sites for hydroxylation is 1. The molecule has 1 fully saturated rings. The van der Waals surface area contributed by atoms with E-state index < -0.39 is 20.7 Å². The molecule has 0 bridgehead atoms. The monoisotopic (exact) mass is 514 g/mol. The second-order valence-electron chi connectivity index (χ2n) is 8.83. The van der Waals surface area contributed by atoms with E-state index in [-0.39, 0.29) is 4.90 Å². The summed E-state index contributed by atoms with van der Waals surface area (Å²) in [5.74, 6) is 0.531. The molecule has 2 heterocycles. The van der Waals surface area contributed by atoms with Crippen LogP contribution in [0.25, 0.3) is 33.6 Å². The Morgan fingerprint density at radius 3 is 2.68 bits per heavy atom. The van der Waals surface area contributed by atoms with Crippen LogP contribution in [0.15, 0.2) is 83.1 Å². The second-order valence-corrected chi connectivity index (χ2v) is 10.7. The minimum absolute atomic E-state index is 0.0496. The number of aromatic nitrogens is 3. The van der Waals surface area contributed by atoms with E-state index in [0.717, 1.165) is 12.8 Å². The summed E-state index contributed by atoms with van der Waals surface area (Å²) in [5, 5.41) is -0.397. The van der Waals surface area contributed by atoms with Crippen molar-refractivity contribution in [2.75, 3.05) is 6.61 Å². The van der Waals surface area contributed by atoms with Gasteiger partial charge in [0.1, 0.15) is 17.3 Å². The predicted molar refractivity (Wildman–Crippen MR) is 138 cm³/mol. The predicted octanol–water partition coefficient (Wildman–Crippen LogP) is 5.77. The number of rotatable bonds is 8. The largest absolute Gasteiger partial charge is 0.492 e. The minimum atomic E-state index is -3.98. The van der Waals surface area contributed by atoms with Gasteiger partial charge in [0.05, 0.1) is 35.8 Å². The molecule has 1 aliphatic carbocycles. The summed E-state index contributed by atoms with van der Waals surface area (Å²) in [6.45, 7) is 8.02. The standard InChI is InChI=1S/C28H23FN4O3S/c1-30-26(37(34,35)22-6-4-3-5-7-22)15-20-12-13-31-24(14-20)27-28(33(2)18-32-27)23-11-10-21(29)16-25(23)36-17-19-8-9-19/h3-7,10-16,18-19H,8-9,17H2,2H3/b26-15+. The van der Waals surface area contributed by atoms with Crippen LogP contribution in [0.3, 0.4) is 0 Å². The third kappa shape index (κ3) is 5.15. The van der Waals surface area contributed by atoms with E-state index in [1.54, 1.807) is 47.3 Å². The van der Waals surface area contributed by atoms with Crippen LogP contribution in [0.5, 0.6) is 5.75 Å². The van der Waals surface area contributed by atoms with Gasteiger partial charge in [0.25, 0.3) is 5.03 Å². The van der Waals surface area contributed by atoms with Crippen LogP contribution in [0.4, 0.5) is 4.39 Å². The number of sulfone groups is 1. The van der Waals surface area contributed by atoms with Gasteiger partial charge in [-0.1, -0.05) is 18.2 Å². The maximum atomic E-state index is 14.1. The number of nitrogens with zero attached hydrogens (tertiary/aromatic N) is 4. The van der Waals surface area contributed by atoms with Gasteiger partial charge in [0.15, 0.2) is 0 Å². The number of benzene rings is 2. The number of pyridine rings is 1. The van der Waals surface area contributed by atoms with E-state index in [0.29, 0.717) is 46.5 Å². The lowest BCUT2D eigenvalue weighted by molar-refractivity contribution is 0.299. The maximum Gasteiger partial charge on any atom is 0.283 e. The Balaban J connectivity index is 1.54. The van der Waals surface area contributed by atoms with Crippen molar-refractivity contribution in [1.82, 2.24) is 14.5 Å². The van der Waals surface area contributed by atoms with Crippen LogP contribution in [-0.4, -0.2) is 29.6 Å². The molecule has 0 saturated heterocycles. The molecule has 186 valence electrons. The Bertz CT molecular complexity index is 1640. The summed E-state index contributed by atoms with van der Waals surface area (Å²) >= 11 is 0. The fourth-order valence-corrected chi connectivity index (χ4v) is 5.11. The van der Waals surface area contributed by atoms with Crippen molar-refractivity contribution in [2.45, 2.75) is 17.7 Å². The van der Waals surface area contributed by atoms with Crippen molar-refractivity contribution in [3.05, 3.63) is 101 Å². The topological polar surface area (TPSA) is 78.4 Å². The number of hydrogen-bond donors (Lipinski definition) is 0. The Morgan fingerprint density at radius 2 is 1.95 bits per heavy atom. The van der Waals surface area contributed by atoms with Gasteiger partial charge in [-0.05, 0) is 66.8 Å². The highest BCUT2D eigenvalue weighted by atomic mass is 32.2. The van der Waals surface area contributed by atoms with Gasteiger partial charge in [0.2, 0.25) is 9.84 Å². The zero-order valence-corrected chi connectivity index (χ0v) is 20.8. The first-order valence-corrected chi connectivity index (χ1v) is 13.1. The van der Waals surface area contributed by atoms with E-state index in [1.165, 1.54) is 36.5 Å². The van der Waals surface area contributed by atoms with Crippen LogP contribution >= 0.6 is 0 Å². The average molecular weight is 515 g/mol. The summed E-state index contributed by atoms with van der Waals surface area (Å²) in [6, 6.07) is 15.5. The molecule has 0 N–H and O–H groups in total. The summed E-state index contributed by atoms with van der Waals surface area (Å²) in [7, 11) is -2.15. The van der Waals surface area contributed by atoms with Gasteiger partial charge in [0, 0.05) is 24.9 Å². The summed E-state index contributed by atoms with van der Waals surface area (Å²) in [6.07, 6.45) is 6.71. The van der Waals surface area contributed by atoms with Gasteiger partial charge in [-0.2, -0.15) is 0 Å². The van der Waals surface area contributed by atoms with Gasteiger partial charge >= 0.3 is 0 Å². The molecule has 1 aliphatic rings. The molecule has 4 aromatic rings. The first-order chi connectivity index (χ1) is 17.9. The quantitative estimate of drug-likeness (QED) is 0.279. The molecule has 9 heteroatoms. The highest BCUT2D eigenvalue weighted by molar-refractivity contribution is 7.95. The molecular weight excluding hydrogens is 491 g/mol. The number of ether oxygens (including phenoxy) is 1. The Morgan fingerprint density at radius 1 is 1.16 bits per heavy atom. The lowest BCUT2D eigenvalue weighted by Crippen LogP contribution is -2.03. The van der Waals surface area contributed by atoms with Crippen LogP contribution in [0, 0.1) is 18.3 Å². The molecule has 0 atom stereocenters.